The summed E-state index contributed by atoms with van der Waals surface area (Å²) in [6.07, 6.45) is 4.12. The van der Waals surface area contributed by atoms with Gasteiger partial charge in [0.05, 0.1) is 17.7 Å². The minimum Gasteiger partial charge on any atom is -0.374 e. The molecule has 4 aromatic rings. The van der Waals surface area contributed by atoms with Crippen molar-refractivity contribution >= 4 is 16.7 Å². The molecule has 2 heterocycles. The van der Waals surface area contributed by atoms with E-state index in [4.69, 9.17) is 5.26 Å². The molecule has 1 fully saturated rings. The van der Waals surface area contributed by atoms with E-state index in [0.29, 0.717) is 17.7 Å². The number of aromatic nitrogens is 1. The molecule has 2 unspecified atom stereocenters. The molecular formula is C30H30N4O2. The number of benzene rings is 3. The highest BCUT2D eigenvalue weighted by Gasteiger charge is 2.25. The van der Waals surface area contributed by atoms with Crippen LogP contribution in [0, 0.1) is 11.3 Å². The molecule has 0 radical (unpaired) electrons. The smallest absolute Gasteiger partial charge is 0.186 e. The van der Waals surface area contributed by atoms with Crippen LogP contribution in [0.2, 0.25) is 0 Å². The molecule has 0 bridgehead atoms. The Labute approximate surface area is 211 Å². The second-order valence-electron chi connectivity index (χ2n) is 9.34. The summed E-state index contributed by atoms with van der Waals surface area (Å²) < 4.78 is 0. The van der Waals surface area contributed by atoms with E-state index in [0.717, 1.165) is 59.9 Å². The van der Waals surface area contributed by atoms with Gasteiger partial charge in [0.15, 0.2) is 5.78 Å². The largest absolute Gasteiger partial charge is 0.374 e. The number of ketones is 1. The van der Waals surface area contributed by atoms with E-state index in [1.54, 1.807) is 6.20 Å². The second kappa shape index (κ2) is 10.9. The van der Waals surface area contributed by atoms with E-state index < -0.39 is 12.3 Å². The van der Waals surface area contributed by atoms with Crippen LogP contribution in [0.15, 0.2) is 79.0 Å². The van der Waals surface area contributed by atoms with Gasteiger partial charge >= 0.3 is 0 Å². The molecule has 2 atom stereocenters. The Morgan fingerprint density at radius 2 is 1.78 bits per heavy atom. The highest BCUT2D eigenvalue weighted by atomic mass is 16.3. The average Bonchev–Trinajstić information content (AvgIpc) is 3.61. The van der Waals surface area contributed by atoms with Gasteiger partial charge in [0.25, 0.3) is 0 Å². The Morgan fingerprint density at radius 3 is 2.50 bits per heavy atom. The number of aromatic amines is 1. The number of aliphatic hydroxyl groups excluding tert-OH is 1. The molecule has 1 aliphatic rings. The number of Topliss-reactive ketones (excluding diaryl/α,β-unsaturated/α-hetero) is 1. The van der Waals surface area contributed by atoms with Gasteiger partial charge in [0.2, 0.25) is 0 Å². The van der Waals surface area contributed by atoms with Crippen LogP contribution in [0.5, 0.6) is 0 Å². The fourth-order valence-electron chi connectivity index (χ4n) is 4.97. The molecule has 6 nitrogen and oxygen atoms in total. The minimum absolute atomic E-state index is 0.000111. The van der Waals surface area contributed by atoms with Crippen molar-refractivity contribution in [2.45, 2.75) is 31.5 Å². The minimum atomic E-state index is -0.625. The molecular weight excluding hydrogens is 448 g/mol. The number of aliphatic hydroxyl groups is 1. The number of nitrogens with zero attached hydrogens (tertiary/aromatic N) is 2. The van der Waals surface area contributed by atoms with Gasteiger partial charge in [-0.2, -0.15) is 5.26 Å². The zero-order chi connectivity index (χ0) is 24.9. The van der Waals surface area contributed by atoms with Crippen LogP contribution >= 0.6 is 0 Å². The third kappa shape index (κ3) is 5.09. The van der Waals surface area contributed by atoms with Crippen molar-refractivity contribution in [1.82, 2.24) is 15.2 Å². The first-order chi connectivity index (χ1) is 17.6. The lowest BCUT2D eigenvalue weighted by Crippen LogP contribution is -2.30. The normalized spacial score (nSPS) is 15.6. The summed E-state index contributed by atoms with van der Waals surface area (Å²) in [4.78, 5) is 19.1. The van der Waals surface area contributed by atoms with Crippen LogP contribution in [-0.2, 0) is 6.42 Å². The predicted octanol–water partition coefficient (Wildman–Crippen LogP) is 4.88. The summed E-state index contributed by atoms with van der Waals surface area (Å²) in [5.41, 5.74) is 4.98. The number of nitriles is 1. The van der Waals surface area contributed by atoms with E-state index in [1.165, 1.54) is 0 Å². The number of nitrogens with one attached hydrogen (secondary N) is 2. The molecule has 1 aliphatic heterocycles. The zero-order valence-electron chi connectivity index (χ0n) is 20.2. The summed E-state index contributed by atoms with van der Waals surface area (Å²) >= 11 is 0. The lowest BCUT2D eigenvalue weighted by Gasteiger charge is -2.22. The molecule has 3 N–H and O–H groups in total. The monoisotopic (exact) mass is 478 g/mol. The lowest BCUT2D eigenvalue weighted by molar-refractivity contribution is 0.0191. The van der Waals surface area contributed by atoms with Gasteiger partial charge in [-0.05, 0) is 54.2 Å². The lowest BCUT2D eigenvalue weighted by atomic mass is 9.96. The molecule has 0 amide bonds. The predicted molar refractivity (Wildman–Crippen MR) is 140 cm³/mol. The SMILES string of the molecule is N#Cc1ccc(CCNC(C(=O)c2c[nH]c3cc(C(O)N4CCCC4)ccc23)c2ccccc2)cc1. The fraction of sp³-hybridized carbons (Fsp3) is 0.267. The summed E-state index contributed by atoms with van der Waals surface area (Å²) in [6.45, 7) is 2.42. The van der Waals surface area contributed by atoms with Crippen LogP contribution in [0.4, 0.5) is 0 Å². The standard InChI is InChI=1S/C30H30N4O2/c31-19-22-10-8-21(9-11-22)14-15-32-28(23-6-2-1-3-7-23)29(35)26-20-33-27-18-24(12-13-25(26)27)30(36)34-16-4-5-17-34/h1-3,6-13,18,20,28,30,32-33,36H,4-5,14-17H2. The molecule has 6 heteroatoms. The molecule has 0 spiro atoms. The van der Waals surface area contributed by atoms with E-state index in [9.17, 15) is 9.90 Å². The van der Waals surface area contributed by atoms with Gasteiger partial charge in [-0.25, -0.2) is 0 Å². The topological polar surface area (TPSA) is 92.2 Å². The van der Waals surface area contributed by atoms with E-state index >= 15 is 0 Å². The van der Waals surface area contributed by atoms with Gasteiger partial charge in [0, 0.05) is 42.3 Å². The van der Waals surface area contributed by atoms with Crippen molar-refractivity contribution in [2.75, 3.05) is 19.6 Å². The maximum Gasteiger partial charge on any atom is 0.186 e. The summed E-state index contributed by atoms with van der Waals surface area (Å²) in [6, 6.07) is 24.8. The van der Waals surface area contributed by atoms with Crippen LogP contribution < -0.4 is 5.32 Å². The fourth-order valence-corrected chi connectivity index (χ4v) is 4.97. The van der Waals surface area contributed by atoms with Crippen LogP contribution in [0.3, 0.4) is 0 Å². The van der Waals surface area contributed by atoms with Gasteiger partial charge in [-0.1, -0.05) is 54.6 Å². The summed E-state index contributed by atoms with van der Waals surface area (Å²) in [5, 5.41) is 24.1. The number of rotatable bonds is 9. The molecule has 0 saturated carbocycles. The zero-order valence-corrected chi connectivity index (χ0v) is 20.2. The van der Waals surface area contributed by atoms with Crippen LogP contribution in [-0.4, -0.2) is 40.4 Å². The number of likely N-dealkylation sites (tertiary alicyclic amines) is 1. The number of hydrogen-bond donors (Lipinski definition) is 3. The van der Waals surface area contributed by atoms with Crippen molar-refractivity contribution in [2.24, 2.45) is 0 Å². The average molecular weight is 479 g/mol. The molecule has 3 aromatic carbocycles. The number of carbonyl (C=O) groups excluding carboxylic acids is 1. The van der Waals surface area contributed by atoms with Gasteiger partial charge in [-0.3, -0.25) is 9.69 Å². The molecule has 36 heavy (non-hydrogen) atoms. The van der Waals surface area contributed by atoms with E-state index in [-0.39, 0.29) is 5.78 Å². The Bertz CT molecular complexity index is 1370. The Kier molecular flexibility index (Phi) is 7.24. The quantitative estimate of drug-likeness (QED) is 0.298. The van der Waals surface area contributed by atoms with Gasteiger partial charge in [-0.15, -0.1) is 0 Å². The number of H-pyrrole nitrogens is 1. The second-order valence-corrected chi connectivity index (χ2v) is 9.34. The number of carbonyl (C=O) groups is 1. The first kappa shape index (κ1) is 24.0. The molecule has 1 saturated heterocycles. The molecule has 182 valence electrons. The van der Waals surface area contributed by atoms with Gasteiger partial charge in [0.1, 0.15) is 6.23 Å². The van der Waals surface area contributed by atoms with E-state index in [2.05, 4.69) is 21.3 Å². The Balaban J connectivity index is 1.36. The van der Waals surface area contributed by atoms with E-state index in [1.807, 2.05) is 72.8 Å². The maximum absolute atomic E-state index is 13.8. The molecule has 1 aromatic heterocycles. The van der Waals surface area contributed by atoms with Crippen LogP contribution in [0.1, 0.15) is 57.7 Å². The van der Waals surface area contributed by atoms with Crippen LogP contribution in [0.25, 0.3) is 10.9 Å². The highest BCUT2D eigenvalue weighted by Crippen LogP contribution is 2.29. The first-order valence-electron chi connectivity index (χ1n) is 12.5. The van der Waals surface area contributed by atoms with Crippen molar-refractivity contribution in [3.63, 3.8) is 0 Å². The molecule has 0 aliphatic carbocycles. The van der Waals surface area contributed by atoms with Crippen molar-refractivity contribution in [3.05, 3.63) is 107 Å². The number of hydrogen-bond acceptors (Lipinski definition) is 5. The maximum atomic E-state index is 13.8. The van der Waals surface area contributed by atoms with Gasteiger partial charge < -0.3 is 15.4 Å². The van der Waals surface area contributed by atoms with Crippen molar-refractivity contribution < 1.29 is 9.90 Å². The highest BCUT2D eigenvalue weighted by molar-refractivity contribution is 6.10. The summed E-state index contributed by atoms with van der Waals surface area (Å²) in [7, 11) is 0. The third-order valence-corrected chi connectivity index (χ3v) is 7.00. The van der Waals surface area contributed by atoms with Crippen molar-refractivity contribution in [1.29, 1.82) is 5.26 Å². The van der Waals surface area contributed by atoms with Crippen molar-refractivity contribution in [3.8, 4) is 6.07 Å². The third-order valence-electron chi connectivity index (χ3n) is 7.00. The summed E-state index contributed by atoms with van der Waals surface area (Å²) in [5.74, 6) is 0.000111. The first-order valence-corrected chi connectivity index (χ1v) is 12.5. The number of fused-ring (bicyclic) bond motifs is 1. The molecule has 5 rings (SSSR count). The Hall–Kier alpha value is -3.76. The Morgan fingerprint density at radius 1 is 1.03 bits per heavy atom.